The number of ether oxygens (including phenoxy) is 3. The number of hydrogen-bond donors (Lipinski definition) is 1. The summed E-state index contributed by atoms with van der Waals surface area (Å²) in [5.74, 6) is 1.51. The van der Waals surface area contributed by atoms with E-state index in [-0.39, 0.29) is 0 Å². The van der Waals surface area contributed by atoms with E-state index in [4.69, 9.17) is 24.9 Å². The predicted molar refractivity (Wildman–Crippen MR) is 136 cm³/mol. The normalized spacial score (nSPS) is 17.9. The maximum absolute atomic E-state index is 11.7. The van der Waals surface area contributed by atoms with Gasteiger partial charge in [0.25, 0.3) is 0 Å². The van der Waals surface area contributed by atoms with Crippen LogP contribution in [0.2, 0.25) is 0 Å². The molecule has 0 aromatic carbocycles. The van der Waals surface area contributed by atoms with Gasteiger partial charge < -0.3 is 24.8 Å². The number of carbonyl (C=O) groups excluding carboxylic acids is 1. The van der Waals surface area contributed by atoms with Crippen LogP contribution in [0.5, 0.6) is 5.75 Å². The highest BCUT2D eigenvalue weighted by atomic mass is 16.6. The van der Waals surface area contributed by atoms with Gasteiger partial charge in [0.1, 0.15) is 23.2 Å². The largest absolute Gasteiger partial charge is 0.492 e. The van der Waals surface area contributed by atoms with E-state index >= 15 is 0 Å². The third kappa shape index (κ3) is 5.30. The molecule has 11 nitrogen and oxygen atoms in total. The lowest BCUT2D eigenvalue weighted by Crippen LogP contribution is -2.55. The Bertz CT molecular complexity index is 1290. The molecule has 37 heavy (non-hydrogen) atoms. The number of primary amides is 1. The van der Waals surface area contributed by atoms with Crippen LogP contribution in [0.3, 0.4) is 0 Å². The Hall–Kier alpha value is -3.88. The molecule has 0 radical (unpaired) electrons. The first-order valence-corrected chi connectivity index (χ1v) is 12.5. The second-order valence-electron chi connectivity index (χ2n) is 9.37. The SMILES string of the molecule is CCOc1cc(-c2ccc(N3CCC(CN4CCOCC4)(OC(N)=O)CC3)nc2)c2c(C#N)cnn2c1. The molecule has 2 fully saturated rings. The van der Waals surface area contributed by atoms with Crippen molar-refractivity contribution < 1.29 is 19.0 Å². The standard InChI is InChI=1S/C26H31N7O4/c1-2-36-21-13-22(24-20(14-27)16-30-33(24)17-21)19-3-4-23(29-15-19)32-7-5-26(6-8-32,37-25(28)34)18-31-9-11-35-12-10-31/h3-4,13,15-17H,2,5-12,18H2,1H3,(H2,28,34). The fraction of sp³-hybridized carbons (Fsp3) is 0.462. The minimum atomic E-state index is -0.735. The first-order valence-electron chi connectivity index (χ1n) is 12.5. The minimum absolute atomic E-state index is 0.490. The van der Waals surface area contributed by atoms with Crippen molar-refractivity contribution in [2.45, 2.75) is 25.4 Å². The molecule has 5 heterocycles. The van der Waals surface area contributed by atoms with Crippen molar-refractivity contribution in [2.24, 2.45) is 5.73 Å². The first kappa shape index (κ1) is 24.8. The van der Waals surface area contributed by atoms with E-state index in [0.717, 1.165) is 35.6 Å². The van der Waals surface area contributed by atoms with Gasteiger partial charge in [0, 0.05) is 62.9 Å². The molecule has 5 rings (SSSR count). The average Bonchev–Trinajstić information content (AvgIpc) is 3.32. The highest BCUT2D eigenvalue weighted by molar-refractivity contribution is 5.85. The van der Waals surface area contributed by atoms with Crippen molar-refractivity contribution >= 4 is 17.4 Å². The molecular weight excluding hydrogens is 474 g/mol. The summed E-state index contributed by atoms with van der Waals surface area (Å²) in [6.07, 6.45) is 5.73. The van der Waals surface area contributed by atoms with Crippen LogP contribution in [0, 0.1) is 11.3 Å². The van der Waals surface area contributed by atoms with Gasteiger partial charge in [-0.1, -0.05) is 0 Å². The topological polar surface area (TPSA) is 131 Å². The molecule has 3 aromatic rings. The lowest BCUT2D eigenvalue weighted by atomic mass is 9.90. The molecule has 0 aliphatic carbocycles. The molecule has 0 unspecified atom stereocenters. The molecule has 2 aliphatic heterocycles. The Labute approximate surface area is 215 Å². The number of nitrogens with zero attached hydrogens (tertiary/aromatic N) is 6. The van der Waals surface area contributed by atoms with E-state index in [1.54, 1.807) is 16.9 Å². The smallest absolute Gasteiger partial charge is 0.405 e. The van der Waals surface area contributed by atoms with Gasteiger partial charge in [0.05, 0.1) is 43.3 Å². The fourth-order valence-electron chi connectivity index (χ4n) is 5.19. The second-order valence-corrected chi connectivity index (χ2v) is 9.37. The highest BCUT2D eigenvalue weighted by Crippen LogP contribution is 2.33. The first-order chi connectivity index (χ1) is 18.0. The van der Waals surface area contributed by atoms with Crippen LogP contribution in [0.4, 0.5) is 10.6 Å². The van der Waals surface area contributed by atoms with Gasteiger partial charge >= 0.3 is 6.09 Å². The maximum Gasteiger partial charge on any atom is 0.405 e. The Balaban J connectivity index is 1.34. The number of pyridine rings is 2. The molecule has 2 N–H and O–H groups in total. The number of rotatable bonds is 7. The summed E-state index contributed by atoms with van der Waals surface area (Å²) in [5.41, 5.74) is 7.74. The van der Waals surface area contributed by atoms with Gasteiger partial charge in [0.2, 0.25) is 0 Å². The molecule has 0 bridgehead atoms. The Morgan fingerprint density at radius 1 is 1.22 bits per heavy atom. The average molecular weight is 506 g/mol. The molecule has 11 heteroatoms. The number of carbonyl (C=O) groups is 1. The molecule has 0 spiro atoms. The van der Waals surface area contributed by atoms with Gasteiger partial charge in [-0.3, -0.25) is 4.90 Å². The molecule has 2 aliphatic rings. The summed E-state index contributed by atoms with van der Waals surface area (Å²) in [7, 11) is 0. The molecule has 0 saturated carbocycles. The Morgan fingerprint density at radius 2 is 2.00 bits per heavy atom. The third-order valence-corrected chi connectivity index (χ3v) is 7.01. The van der Waals surface area contributed by atoms with E-state index < -0.39 is 11.7 Å². The molecule has 1 amide bonds. The minimum Gasteiger partial charge on any atom is -0.492 e. The van der Waals surface area contributed by atoms with Gasteiger partial charge in [-0.2, -0.15) is 10.4 Å². The van der Waals surface area contributed by atoms with Crippen LogP contribution in [0.15, 0.2) is 36.8 Å². The molecule has 3 aromatic heterocycles. The van der Waals surface area contributed by atoms with E-state index in [1.165, 1.54) is 0 Å². The van der Waals surface area contributed by atoms with E-state index in [9.17, 15) is 10.1 Å². The van der Waals surface area contributed by atoms with Gasteiger partial charge in [-0.25, -0.2) is 14.3 Å². The summed E-state index contributed by atoms with van der Waals surface area (Å²) in [6.45, 7) is 7.48. The Kier molecular flexibility index (Phi) is 7.12. The number of amides is 1. The third-order valence-electron chi connectivity index (χ3n) is 7.01. The quantitative estimate of drug-likeness (QED) is 0.514. The number of nitriles is 1. The number of anilines is 1. The van der Waals surface area contributed by atoms with Crippen LogP contribution in [-0.4, -0.2) is 83.7 Å². The van der Waals surface area contributed by atoms with Gasteiger partial charge in [-0.15, -0.1) is 0 Å². The number of fused-ring (bicyclic) bond motifs is 1. The highest BCUT2D eigenvalue weighted by Gasteiger charge is 2.40. The zero-order valence-corrected chi connectivity index (χ0v) is 20.9. The summed E-state index contributed by atoms with van der Waals surface area (Å²) >= 11 is 0. The van der Waals surface area contributed by atoms with Crippen LogP contribution in [0.25, 0.3) is 16.6 Å². The molecular formula is C26H31N7O4. The monoisotopic (exact) mass is 505 g/mol. The van der Waals surface area contributed by atoms with Crippen LogP contribution < -0.4 is 15.4 Å². The van der Waals surface area contributed by atoms with Crippen molar-refractivity contribution in [2.75, 3.05) is 57.4 Å². The zero-order valence-electron chi connectivity index (χ0n) is 20.9. The second kappa shape index (κ2) is 10.6. The Morgan fingerprint density at radius 3 is 2.65 bits per heavy atom. The maximum atomic E-state index is 11.7. The number of piperidine rings is 1. The van der Waals surface area contributed by atoms with E-state index in [1.807, 2.05) is 31.3 Å². The van der Waals surface area contributed by atoms with E-state index in [2.05, 4.69) is 21.0 Å². The van der Waals surface area contributed by atoms with E-state index in [0.29, 0.717) is 63.6 Å². The van der Waals surface area contributed by atoms with Crippen molar-refractivity contribution in [3.8, 4) is 22.9 Å². The van der Waals surface area contributed by atoms with Crippen molar-refractivity contribution in [1.82, 2.24) is 19.5 Å². The number of aromatic nitrogens is 3. The summed E-state index contributed by atoms with van der Waals surface area (Å²) in [6, 6.07) is 8.11. The zero-order chi connectivity index (χ0) is 25.8. The molecule has 2 saturated heterocycles. The van der Waals surface area contributed by atoms with Crippen molar-refractivity contribution in [3.05, 3.63) is 42.4 Å². The summed E-state index contributed by atoms with van der Waals surface area (Å²) in [4.78, 5) is 20.9. The lowest BCUT2D eigenvalue weighted by Gasteiger charge is -2.44. The van der Waals surface area contributed by atoms with Crippen molar-refractivity contribution in [1.29, 1.82) is 5.26 Å². The number of hydrogen-bond acceptors (Lipinski definition) is 9. The van der Waals surface area contributed by atoms with Crippen LogP contribution >= 0.6 is 0 Å². The fourth-order valence-corrected chi connectivity index (χ4v) is 5.19. The van der Waals surface area contributed by atoms with Gasteiger partial charge in [0.15, 0.2) is 0 Å². The van der Waals surface area contributed by atoms with Crippen LogP contribution in [-0.2, 0) is 9.47 Å². The molecule has 0 atom stereocenters. The van der Waals surface area contributed by atoms with Crippen molar-refractivity contribution in [3.63, 3.8) is 0 Å². The summed E-state index contributed by atoms with van der Waals surface area (Å²) < 4.78 is 18.5. The number of morpholine rings is 1. The molecule has 194 valence electrons. The van der Waals surface area contributed by atoms with Crippen LogP contribution in [0.1, 0.15) is 25.3 Å². The summed E-state index contributed by atoms with van der Waals surface area (Å²) in [5, 5.41) is 13.9. The van der Waals surface area contributed by atoms with Gasteiger partial charge in [-0.05, 0) is 25.1 Å². The lowest BCUT2D eigenvalue weighted by molar-refractivity contribution is -0.0502. The number of nitrogens with two attached hydrogens (primary N) is 1. The predicted octanol–water partition coefficient (Wildman–Crippen LogP) is 2.43.